The molecular formula is C15H19ClN2O3. The van der Waals surface area contributed by atoms with Gasteiger partial charge in [0.2, 0.25) is 5.91 Å². The second-order valence-electron chi connectivity index (χ2n) is 5.10. The Bertz CT molecular complexity index is 528. The smallest absolute Gasteiger partial charge is 0.337 e. The molecule has 1 aliphatic carbocycles. The number of hydrogen-bond acceptors (Lipinski definition) is 4. The maximum Gasteiger partial charge on any atom is 0.337 e. The summed E-state index contributed by atoms with van der Waals surface area (Å²) in [5.41, 5.74) is 0.763. The van der Waals surface area contributed by atoms with Crippen molar-refractivity contribution in [2.45, 2.75) is 31.7 Å². The van der Waals surface area contributed by atoms with Gasteiger partial charge in [-0.3, -0.25) is 4.79 Å². The van der Waals surface area contributed by atoms with Crippen LogP contribution in [0.3, 0.4) is 0 Å². The van der Waals surface area contributed by atoms with Crippen LogP contribution in [0.1, 0.15) is 36.0 Å². The Morgan fingerprint density at radius 2 is 2.05 bits per heavy atom. The molecule has 0 aliphatic heterocycles. The van der Waals surface area contributed by atoms with Gasteiger partial charge in [-0.1, -0.05) is 24.4 Å². The fourth-order valence-corrected chi connectivity index (χ4v) is 2.59. The lowest BCUT2D eigenvalue weighted by molar-refractivity contribution is -0.115. The molecule has 1 fully saturated rings. The van der Waals surface area contributed by atoms with Crippen molar-refractivity contribution in [3.8, 4) is 0 Å². The fraction of sp³-hybridized carbons (Fsp3) is 0.467. The highest BCUT2D eigenvalue weighted by molar-refractivity contribution is 6.33. The van der Waals surface area contributed by atoms with E-state index in [-0.39, 0.29) is 12.5 Å². The number of methoxy groups -OCH3 is 1. The first-order valence-corrected chi connectivity index (χ1v) is 7.39. The third kappa shape index (κ3) is 4.44. The van der Waals surface area contributed by atoms with Crippen molar-refractivity contribution < 1.29 is 14.3 Å². The van der Waals surface area contributed by atoms with Crippen molar-refractivity contribution in [2.24, 2.45) is 0 Å². The number of ether oxygens (including phenoxy) is 1. The monoisotopic (exact) mass is 310 g/mol. The van der Waals surface area contributed by atoms with Crippen molar-refractivity contribution in [3.63, 3.8) is 0 Å². The molecule has 1 aromatic rings. The van der Waals surface area contributed by atoms with E-state index in [4.69, 9.17) is 11.6 Å². The van der Waals surface area contributed by atoms with E-state index in [1.807, 2.05) is 0 Å². The van der Waals surface area contributed by atoms with Gasteiger partial charge in [-0.05, 0) is 31.0 Å². The molecule has 0 atom stereocenters. The molecule has 0 radical (unpaired) electrons. The van der Waals surface area contributed by atoms with Crippen LogP contribution in [0.25, 0.3) is 0 Å². The summed E-state index contributed by atoms with van der Waals surface area (Å²) in [5, 5.41) is 6.32. The zero-order chi connectivity index (χ0) is 15.2. The van der Waals surface area contributed by atoms with Gasteiger partial charge in [0.25, 0.3) is 0 Å². The number of rotatable bonds is 5. The van der Waals surface area contributed by atoms with E-state index in [1.165, 1.54) is 26.0 Å². The molecule has 0 aromatic heterocycles. The van der Waals surface area contributed by atoms with Crippen LogP contribution in [0.5, 0.6) is 0 Å². The van der Waals surface area contributed by atoms with E-state index in [0.717, 1.165) is 12.8 Å². The van der Waals surface area contributed by atoms with Crippen LogP contribution < -0.4 is 10.6 Å². The number of halogens is 1. The molecule has 6 heteroatoms. The van der Waals surface area contributed by atoms with Crippen LogP contribution in [-0.2, 0) is 9.53 Å². The maximum absolute atomic E-state index is 11.9. The number of hydrogen-bond donors (Lipinski definition) is 2. The SMILES string of the molecule is COC(=O)c1ccc(Cl)c(NC(=O)CNC2CCCC2)c1. The Hall–Kier alpha value is -1.59. The number of benzene rings is 1. The summed E-state index contributed by atoms with van der Waals surface area (Å²) in [7, 11) is 1.31. The zero-order valence-electron chi connectivity index (χ0n) is 11.9. The second-order valence-corrected chi connectivity index (χ2v) is 5.50. The topological polar surface area (TPSA) is 67.4 Å². The van der Waals surface area contributed by atoms with Crippen molar-refractivity contribution >= 4 is 29.2 Å². The van der Waals surface area contributed by atoms with Crippen LogP contribution in [0, 0.1) is 0 Å². The molecule has 0 heterocycles. The predicted molar refractivity (Wildman–Crippen MR) is 81.7 cm³/mol. The highest BCUT2D eigenvalue weighted by Gasteiger charge is 2.16. The van der Waals surface area contributed by atoms with E-state index in [2.05, 4.69) is 15.4 Å². The third-order valence-electron chi connectivity index (χ3n) is 3.57. The van der Waals surface area contributed by atoms with E-state index in [9.17, 15) is 9.59 Å². The number of carbonyl (C=O) groups is 2. The van der Waals surface area contributed by atoms with Gasteiger partial charge in [0, 0.05) is 6.04 Å². The molecule has 1 aromatic carbocycles. The van der Waals surface area contributed by atoms with Crippen LogP contribution in [-0.4, -0.2) is 31.6 Å². The molecule has 5 nitrogen and oxygen atoms in total. The number of esters is 1. The minimum atomic E-state index is -0.466. The van der Waals surface area contributed by atoms with E-state index in [1.54, 1.807) is 12.1 Å². The fourth-order valence-electron chi connectivity index (χ4n) is 2.43. The number of nitrogens with one attached hydrogen (secondary N) is 2. The van der Waals surface area contributed by atoms with Crippen molar-refractivity contribution in [1.29, 1.82) is 0 Å². The number of anilines is 1. The van der Waals surface area contributed by atoms with Gasteiger partial charge in [-0.25, -0.2) is 4.79 Å². The van der Waals surface area contributed by atoms with Gasteiger partial charge < -0.3 is 15.4 Å². The minimum absolute atomic E-state index is 0.175. The van der Waals surface area contributed by atoms with E-state index in [0.29, 0.717) is 22.3 Å². The van der Waals surface area contributed by atoms with E-state index < -0.39 is 5.97 Å². The summed E-state index contributed by atoms with van der Waals surface area (Å²) in [6, 6.07) is 5.06. The Morgan fingerprint density at radius 3 is 2.71 bits per heavy atom. The Kier molecular flexibility index (Phi) is 5.59. The number of carbonyl (C=O) groups excluding carboxylic acids is 2. The lowest BCUT2D eigenvalue weighted by atomic mass is 10.2. The van der Waals surface area contributed by atoms with E-state index >= 15 is 0 Å². The standard InChI is InChI=1S/C15H19ClN2O3/c1-21-15(20)10-6-7-12(16)13(8-10)18-14(19)9-17-11-4-2-3-5-11/h6-8,11,17H,2-5,9H2,1H3,(H,18,19). The quantitative estimate of drug-likeness (QED) is 0.820. The summed E-state index contributed by atoms with van der Waals surface area (Å²) >= 11 is 6.03. The summed E-state index contributed by atoms with van der Waals surface area (Å²) in [5.74, 6) is -0.642. The summed E-state index contributed by atoms with van der Waals surface area (Å²) < 4.78 is 4.64. The van der Waals surface area contributed by atoms with Crippen molar-refractivity contribution in [1.82, 2.24) is 5.32 Å². The average Bonchev–Trinajstić information content (AvgIpc) is 3.00. The molecular weight excluding hydrogens is 292 g/mol. The number of amides is 1. The molecule has 1 saturated carbocycles. The lowest BCUT2D eigenvalue weighted by Crippen LogP contribution is -2.34. The molecule has 114 valence electrons. The zero-order valence-corrected chi connectivity index (χ0v) is 12.7. The minimum Gasteiger partial charge on any atom is -0.465 e. The highest BCUT2D eigenvalue weighted by atomic mass is 35.5. The van der Waals surface area contributed by atoms with Gasteiger partial charge in [-0.2, -0.15) is 0 Å². The van der Waals surface area contributed by atoms with Gasteiger partial charge in [0.05, 0.1) is 29.9 Å². The molecule has 1 amide bonds. The summed E-state index contributed by atoms with van der Waals surface area (Å²) in [4.78, 5) is 23.4. The Morgan fingerprint density at radius 1 is 1.33 bits per heavy atom. The molecule has 1 aliphatic rings. The normalized spacial score (nSPS) is 15.0. The van der Waals surface area contributed by atoms with Gasteiger partial charge in [0.1, 0.15) is 0 Å². The molecule has 21 heavy (non-hydrogen) atoms. The summed E-state index contributed by atoms with van der Waals surface area (Å²) in [6.45, 7) is 0.240. The van der Waals surface area contributed by atoms with Gasteiger partial charge >= 0.3 is 5.97 Å². The molecule has 2 rings (SSSR count). The first kappa shape index (κ1) is 15.8. The van der Waals surface area contributed by atoms with Crippen LogP contribution in [0.15, 0.2) is 18.2 Å². The molecule has 0 saturated heterocycles. The summed E-state index contributed by atoms with van der Waals surface area (Å²) in [6.07, 6.45) is 4.66. The van der Waals surface area contributed by atoms with Gasteiger partial charge in [0.15, 0.2) is 0 Å². The first-order chi connectivity index (χ1) is 10.1. The predicted octanol–water partition coefficient (Wildman–Crippen LogP) is 2.60. The van der Waals surface area contributed by atoms with Crippen LogP contribution in [0.4, 0.5) is 5.69 Å². The highest BCUT2D eigenvalue weighted by Crippen LogP contribution is 2.23. The van der Waals surface area contributed by atoms with Crippen LogP contribution >= 0.6 is 11.6 Å². The Labute approximate surface area is 129 Å². The average molecular weight is 311 g/mol. The Balaban J connectivity index is 1.94. The molecule has 0 bridgehead atoms. The molecule has 0 unspecified atom stereocenters. The van der Waals surface area contributed by atoms with Crippen molar-refractivity contribution in [2.75, 3.05) is 19.0 Å². The van der Waals surface area contributed by atoms with Gasteiger partial charge in [-0.15, -0.1) is 0 Å². The lowest BCUT2D eigenvalue weighted by Gasteiger charge is -2.13. The third-order valence-corrected chi connectivity index (χ3v) is 3.90. The molecule has 0 spiro atoms. The second kappa shape index (κ2) is 7.43. The van der Waals surface area contributed by atoms with Crippen molar-refractivity contribution in [3.05, 3.63) is 28.8 Å². The van der Waals surface area contributed by atoms with Crippen LogP contribution in [0.2, 0.25) is 5.02 Å². The first-order valence-electron chi connectivity index (χ1n) is 7.01. The largest absolute Gasteiger partial charge is 0.465 e. The molecule has 2 N–H and O–H groups in total. The maximum atomic E-state index is 11.9.